The lowest BCUT2D eigenvalue weighted by Gasteiger charge is -2.30. The molecule has 5 heteroatoms. The zero-order chi connectivity index (χ0) is 12.5. The van der Waals surface area contributed by atoms with Crippen molar-refractivity contribution in [3.8, 4) is 0 Å². The minimum Gasteiger partial charge on any atom is -0.376 e. The third kappa shape index (κ3) is 1.95. The zero-order valence-corrected chi connectivity index (χ0v) is 10.1. The quantitative estimate of drug-likeness (QED) is 0.864. The molecule has 0 radical (unpaired) electrons. The largest absolute Gasteiger partial charge is 0.376 e. The fraction of sp³-hybridized carbons (Fsp3) is 0.462. The molecule has 2 unspecified atom stereocenters. The summed E-state index contributed by atoms with van der Waals surface area (Å²) in [6, 6.07) is 6.53. The summed E-state index contributed by atoms with van der Waals surface area (Å²) in [6.45, 7) is 1.41. The molecule has 0 amide bonds. The lowest BCUT2D eigenvalue weighted by Crippen LogP contribution is -2.47. The van der Waals surface area contributed by atoms with E-state index in [0.717, 1.165) is 25.1 Å². The average Bonchev–Trinajstić information content (AvgIpc) is 2.97. The molecule has 0 aliphatic carbocycles. The Hall–Kier alpha value is -1.62. The molecule has 1 aromatic carbocycles. The highest BCUT2D eigenvalue weighted by Crippen LogP contribution is 2.28. The number of nitrogens with two attached hydrogens (primary N) is 1. The average molecular weight is 249 g/mol. The van der Waals surface area contributed by atoms with Gasteiger partial charge in [0, 0.05) is 12.3 Å². The van der Waals surface area contributed by atoms with Gasteiger partial charge >= 0.3 is 0 Å². The molecule has 1 aromatic rings. The van der Waals surface area contributed by atoms with Gasteiger partial charge in [0.05, 0.1) is 18.7 Å². The maximum Gasteiger partial charge on any atom is 0.196 e. The number of ether oxygens (including phenoxy) is 1. The van der Waals surface area contributed by atoms with Crippen LogP contribution in [0, 0.1) is 5.82 Å². The molecule has 2 aliphatic heterocycles. The second-order valence-corrected chi connectivity index (χ2v) is 4.67. The van der Waals surface area contributed by atoms with Crippen LogP contribution in [0.25, 0.3) is 0 Å². The van der Waals surface area contributed by atoms with Gasteiger partial charge in [-0.05, 0) is 31.0 Å². The Labute approximate surface area is 105 Å². The van der Waals surface area contributed by atoms with E-state index in [1.165, 1.54) is 12.1 Å². The van der Waals surface area contributed by atoms with Crippen molar-refractivity contribution in [2.45, 2.75) is 25.0 Å². The van der Waals surface area contributed by atoms with Crippen LogP contribution < -0.4 is 10.6 Å². The maximum absolute atomic E-state index is 13.3. The Morgan fingerprint density at radius 1 is 1.44 bits per heavy atom. The summed E-state index contributed by atoms with van der Waals surface area (Å²) in [7, 11) is 0. The van der Waals surface area contributed by atoms with Gasteiger partial charge in [-0.3, -0.25) is 4.99 Å². The third-order valence-electron chi connectivity index (χ3n) is 3.50. The summed E-state index contributed by atoms with van der Waals surface area (Å²) >= 11 is 0. The lowest BCUT2D eigenvalue weighted by atomic mass is 10.1. The molecule has 1 fully saturated rings. The Morgan fingerprint density at radius 3 is 3.06 bits per heavy atom. The van der Waals surface area contributed by atoms with Gasteiger partial charge in [-0.25, -0.2) is 4.39 Å². The third-order valence-corrected chi connectivity index (χ3v) is 3.50. The molecule has 96 valence electrons. The Bertz CT molecular complexity index is 471. The van der Waals surface area contributed by atoms with Gasteiger partial charge in [0.25, 0.3) is 0 Å². The number of halogens is 1. The van der Waals surface area contributed by atoms with Gasteiger partial charge in [-0.15, -0.1) is 0 Å². The number of anilines is 1. The first-order valence-corrected chi connectivity index (χ1v) is 6.22. The summed E-state index contributed by atoms with van der Waals surface area (Å²) in [5.74, 6) is 0.180. The second kappa shape index (κ2) is 4.57. The predicted molar refractivity (Wildman–Crippen MR) is 68.1 cm³/mol. The van der Waals surface area contributed by atoms with Crippen LogP contribution in [0.3, 0.4) is 0 Å². The minimum absolute atomic E-state index is 0.0919. The number of hydrogen-bond acceptors (Lipinski definition) is 4. The fourth-order valence-corrected chi connectivity index (χ4v) is 2.65. The summed E-state index contributed by atoms with van der Waals surface area (Å²) < 4.78 is 19.0. The van der Waals surface area contributed by atoms with Crippen molar-refractivity contribution in [3.05, 3.63) is 30.1 Å². The number of aliphatic imine (C=N–C) groups is 1. The SMILES string of the molecule is NC1=NCC(C2CCCO2)N1c1cccc(F)c1. The van der Waals surface area contributed by atoms with Crippen molar-refractivity contribution in [2.24, 2.45) is 10.7 Å². The van der Waals surface area contributed by atoms with E-state index in [4.69, 9.17) is 10.5 Å². The highest BCUT2D eigenvalue weighted by atomic mass is 19.1. The number of guanidine groups is 1. The summed E-state index contributed by atoms with van der Waals surface area (Å²) in [4.78, 5) is 6.16. The van der Waals surface area contributed by atoms with E-state index in [1.54, 1.807) is 6.07 Å². The van der Waals surface area contributed by atoms with Crippen LogP contribution in [0.2, 0.25) is 0 Å². The first-order chi connectivity index (χ1) is 8.75. The van der Waals surface area contributed by atoms with Crippen LogP contribution in [0.1, 0.15) is 12.8 Å². The molecule has 4 nitrogen and oxygen atoms in total. The van der Waals surface area contributed by atoms with Gasteiger partial charge in [0.15, 0.2) is 5.96 Å². The normalized spacial score (nSPS) is 27.6. The highest BCUT2D eigenvalue weighted by Gasteiger charge is 2.36. The van der Waals surface area contributed by atoms with Crippen molar-refractivity contribution in [2.75, 3.05) is 18.1 Å². The smallest absolute Gasteiger partial charge is 0.196 e. The number of hydrogen-bond donors (Lipinski definition) is 1. The van der Waals surface area contributed by atoms with E-state index in [2.05, 4.69) is 4.99 Å². The molecule has 0 saturated carbocycles. The fourth-order valence-electron chi connectivity index (χ4n) is 2.65. The van der Waals surface area contributed by atoms with Crippen LogP contribution in [0.15, 0.2) is 29.3 Å². The van der Waals surface area contributed by atoms with Crippen LogP contribution in [0.5, 0.6) is 0 Å². The van der Waals surface area contributed by atoms with Crippen molar-refractivity contribution in [1.82, 2.24) is 0 Å². The molecular weight excluding hydrogens is 233 g/mol. The molecule has 2 aliphatic rings. The topological polar surface area (TPSA) is 50.9 Å². The predicted octanol–water partition coefficient (Wildman–Crippen LogP) is 1.51. The second-order valence-electron chi connectivity index (χ2n) is 4.67. The van der Waals surface area contributed by atoms with Gasteiger partial charge in [-0.2, -0.15) is 0 Å². The standard InChI is InChI=1S/C13H16FN3O/c14-9-3-1-4-10(7-9)17-11(8-16-13(17)15)12-5-2-6-18-12/h1,3-4,7,11-12H,2,5-6,8H2,(H2,15,16). The first kappa shape index (κ1) is 11.5. The monoisotopic (exact) mass is 249 g/mol. The maximum atomic E-state index is 13.3. The van der Waals surface area contributed by atoms with Gasteiger partial charge in [-0.1, -0.05) is 6.07 Å². The lowest BCUT2D eigenvalue weighted by molar-refractivity contribution is 0.0947. The van der Waals surface area contributed by atoms with Crippen molar-refractivity contribution in [3.63, 3.8) is 0 Å². The summed E-state index contributed by atoms with van der Waals surface area (Å²) in [5.41, 5.74) is 6.66. The zero-order valence-electron chi connectivity index (χ0n) is 10.1. The Morgan fingerprint density at radius 2 is 2.33 bits per heavy atom. The van der Waals surface area contributed by atoms with Crippen molar-refractivity contribution in [1.29, 1.82) is 0 Å². The van der Waals surface area contributed by atoms with E-state index in [9.17, 15) is 4.39 Å². The molecule has 0 bridgehead atoms. The molecule has 18 heavy (non-hydrogen) atoms. The van der Waals surface area contributed by atoms with Gasteiger partial charge < -0.3 is 15.4 Å². The number of nitrogens with zero attached hydrogens (tertiary/aromatic N) is 2. The van der Waals surface area contributed by atoms with Crippen LogP contribution >= 0.6 is 0 Å². The number of rotatable bonds is 2. The molecule has 1 saturated heterocycles. The summed E-state index contributed by atoms with van der Waals surface area (Å²) in [6.07, 6.45) is 2.22. The van der Waals surface area contributed by atoms with Crippen LogP contribution in [-0.2, 0) is 4.74 Å². The number of benzene rings is 1. The van der Waals surface area contributed by atoms with E-state index >= 15 is 0 Å². The molecule has 3 rings (SSSR count). The van der Waals surface area contributed by atoms with Gasteiger partial charge in [0.2, 0.25) is 0 Å². The summed E-state index contributed by atoms with van der Waals surface area (Å²) in [5, 5.41) is 0. The molecule has 0 spiro atoms. The Balaban J connectivity index is 1.89. The van der Waals surface area contributed by atoms with E-state index in [1.807, 2.05) is 11.0 Å². The van der Waals surface area contributed by atoms with Crippen LogP contribution in [0.4, 0.5) is 10.1 Å². The highest BCUT2D eigenvalue weighted by molar-refractivity contribution is 5.97. The molecule has 2 atom stereocenters. The van der Waals surface area contributed by atoms with Crippen molar-refractivity contribution >= 4 is 11.6 Å². The molecule has 2 N–H and O–H groups in total. The van der Waals surface area contributed by atoms with Crippen LogP contribution in [-0.4, -0.2) is 31.3 Å². The van der Waals surface area contributed by atoms with Gasteiger partial charge in [0.1, 0.15) is 5.82 Å². The Kier molecular flexibility index (Phi) is 2.91. The molecular formula is C13H16FN3O. The van der Waals surface area contributed by atoms with E-state index in [-0.39, 0.29) is 18.0 Å². The molecule has 0 aromatic heterocycles. The van der Waals surface area contributed by atoms with E-state index < -0.39 is 0 Å². The molecule has 2 heterocycles. The first-order valence-electron chi connectivity index (χ1n) is 6.22. The van der Waals surface area contributed by atoms with E-state index in [0.29, 0.717) is 12.5 Å². The minimum atomic E-state index is -0.265. The van der Waals surface area contributed by atoms with Crippen molar-refractivity contribution < 1.29 is 9.13 Å².